The van der Waals surface area contributed by atoms with E-state index in [4.69, 9.17) is 21.1 Å². The number of hydrogen-bond donors (Lipinski definition) is 0. The Labute approximate surface area is 110 Å². The van der Waals surface area contributed by atoms with Crippen molar-refractivity contribution in [1.82, 2.24) is 0 Å². The first-order chi connectivity index (χ1) is 8.24. The van der Waals surface area contributed by atoms with Gasteiger partial charge in [0, 0.05) is 10.3 Å². The van der Waals surface area contributed by atoms with E-state index in [2.05, 4.69) is 0 Å². The summed E-state index contributed by atoms with van der Waals surface area (Å²) in [4.78, 5) is 1.08. The third-order valence-corrected chi connectivity index (χ3v) is 4.08. The van der Waals surface area contributed by atoms with Crippen molar-refractivity contribution in [3.05, 3.63) is 46.2 Å². The molecule has 1 aromatic carbocycles. The number of rotatable bonds is 4. The Morgan fingerprint density at radius 3 is 2.24 bits per heavy atom. The second-order valence-corrected chi connectivity index (χ2v) is 4.90. The molecule has 0 aliphatic heterocycles. The van der Waals surface area contributed by atoms with Crippen LogP contribution in [0.15, 0.2) is 35.7 Å². The van der Waals surface area contributed by atoms with Crippen molar-refractivity contribution in [1.29, 1.82) is 0 Å². The third kappa shape index (κ3) is 2.73. The van der Waals surface area contributed by atoms with E-state index in [-0.39, 0.29) is 5.38 Å². The molecule has 1 atom stereocenters. The predicted molar refractivity (Wildman–Crippen MR) is 71.6 cm³/mol. The van der Waals surface area contributed by atoms with Gasteiger partial charge in [0.15, 0.2) is 0 Å². The Morgan fingerprint density at radius 1 is 1.06 bits per heavy atom. The summed E-state index contributed by atoms with van der Waals surface area (Å²) in [6.07, 6.45) is 0. The number of thiophene rings is 1. The standard InChI is InChI=1S/C13H13ClO2S/c1-15-10-5-3-9(4-6-10)13(14)12-7-11(16-2)8-17-12/h3-8,13H,1-2H3. The Kier molecular flexibility index (Phi) is 3.92. The summed E-state index contributed by atoms with van der Waals surface area (Å²) in [6.45, 7) is 0. The van der Waals surface area contributed by atoms with Gasteiger partial charge in [-0.3, -0.25) is 0 Å². The highest BCUT2D eigenvalue weighted by atomic mass is 35.5. The minimum absolute atomic E-state index is 0.144. The maximum Gasteiger partial charge on any atom is 0.129 e. The lowest BCUT2D eigenvalue weighted by Crippen LogP contribution is -1.90. The first kappa shape index (κ1) is 12.3. The highest BCUT2D eigenvalue weighted by Crippen LogP contribution is 2.35. The Morgan fingerprint density at radius 2 is 1.71 bits per heavy atom. The number of methoxy groups -OCH3 is 2. The molecule has 0 amide bonds. The molecule has 0 fully saturated rings. The topological polar surface area (TPSA) is 18.5 Å². The van der Waals surface area contributed by atoms with E-state index in [1.54, 1.807) is 25.6 Å². The monoisotopic (exact) mass is 268 g/mol. The summed E-state index contributed by atoms with van der Waals surface area (Å²) in [6, 6.07) is 9.74. The molecular weight excluding hydrogens is 256 g/mol. The van der Waals surface area contributed by atoms with Crippen LogP contribution in [0.5, 0.6) is 11.5 Å². The highest BCUT2D eigenvalue weighted by Gasteiger charge is 2.13. The molecule has 90 valence electrons. The first-order valence-electron chi connectivity index (χ1n) is 5.15. The quantitative estimate of drug-likeness (QED) is 0.778. The van der Waals surface area contributed by atoms with Gasteiger partial charge in [0.1, 0.15) is 11.5 Å². The number of benzene rings is 1. The van der Waals surface area contributed by atoms with E-state index < -0.39 is 0 Å². The first-order valence-corrected chi connectivity index (χ1v) is 6.46. The van der Waals surface area contributed by atoms with Crippen LogP contribution in [0.25, 0.3) is 0 Å². The molecule has 2 rings (SSSR count). The van der Waals surface area contributed by atoms with Crippen LogP contribution in [0.4, 0.5) is 0 Å². The zero-order valence-corrected chi connectivity index (χ0v) is 11.2. The Balaban J connectivity index is 2.20. The van der Waals surface area contributed by atoms with Crippen LogP contribution in [-0.4, -0.2) is 14.2 Å². The minimum Gasteiger partial charge on any atom is -0.497 e. The van der Waals surface area contributed by atoms with Crippen molar-refractivity contribution in [2.45, 2.75) is 5.38 Å². The average molecular weight is 269 g/mol. The summed E-state index contributed by atoms with van der Waals surface area (Å²) in [5, 5.41) is 1.81. The van der Waals surface area contributed by atoms with Gasteiger partial charge < -0.3 is 9.47 Å². The number of halogens is 1. The van der Waals surface area contributed by atoms with Crippen LogP contribution < -0.4 is 9.47 Å². The highest BCUT2D eigenvalue weighted by molar-refractivity contribution is 7.10. The number of alkyl halides is 1. The van der Waals surface area contributed by atoms with Gasteiger partial charge in [-0.15, -0.1) is 22.9 Å². The zero-order valence-electron chi connectivity index (χ0n) is 9.64. The summed E-state index contributed by atoms with van der Waals surface area (Å²) < 4.78 is 10.3. The van der Waals surface area contributed by atoms with Crippen LogP contribution in [0.2, 0.25) is 0 Å². The lowest BCUT2D eigenvalue weighted by atomic mass is 10.1. The van der Waals surface area contributed by atoms with E-state index in [1.165, 1.54) is 0 Å². The van der Waals surface area contributed by atoms with Crippen molar-refractivity contribution in [2.75, 3.05) is 14.2 Å². The lowest BCUT2D eigenvalue weighted by molar-refractivity contribution is 0.414. The van der Waals surface area contributed by atoms with Gasteiger partial charge in [-0.05, 0) is 23.8 Å². The molecule has 0 N–H and O–H groups in total. The minimum atomic E-state index is -0.144. The molecular formula is C13H13ClO2S. The van der Waals surface area contributed by atoms with Gasteiger partial charge in [-0.1, -0.05) is 12.1 Å². The van der Waals surface area contributed by atoms with Gasteiger partial charge in [-0.2, -0.15) is 0 Å². The molecule has 17 heavy (non-hydrogen) atoms. The fraction of sp³-hybridized carbons (Fsp3) is 0.231. The molecule has 1 heterocycles. The molecule has 0 aliphatic rings. The predicted octanol–water partition coefficient (Wildman–Crippen LogP) is 4.09. The normalized spacial score (nSPS) is 12.2. The molecule has 2 nitrogen and oxygen atoms in total. The van der Waals surface area contributed by atoms with Gasteiger partial charge in [-0.25, -0.2) is 0 Å². The van der Waals surface area contributed by atoms with E-state index in [9.17, 15) is 0 Å². The van der Waals surface area contributed by atoms with Crippen molar-refractivity contribution in [2.24, 2.45) is 0 Å². The molecule has 0 saturated carbocycles. The maximum absolute atomic E-state index is 6.41. The van der Waals surface area contributed by atoms with Crippen molar-refractivity contribution < 1.29 is 9.47 Å². The second-order valence-electron chi connectivity index (χ2n) is 3.52. The summed E-state index contributed by atoms with van der Waals surface area (Å²) in [5.74, 6) is 1.69. The van der Waals surface area contributed by atoms with Crippen LogP contribution in [0.3, 0.4) is 0 Å². The van der Waals surface area contributed by atoms with Crippen molar-refractivity contribution in [3.63, 3.8) is 0 Å². The van der Waals surface area contributed by atoms with E-state index in [0.717, 1.165) is 21.9 Å². The van der Waals surface area contributed by atoms with Gasteiger partial charge in [0.2, 0.25) is 0 Å². The van der Waals surface area contributed by atoms with Gasteiger partial charge in [0.25, 0.3) is 0 Å². The van der Waals surface area contributed by atoms with Crippen molar-refractivity contribution >= 4 is 22.9 Å². The average Bonchev–Trinajstić information content (AvgIpc) is 2.87. The van der Waals surface area contributed by atoms with Crippen LogP contribution in [0, 0.1) is 0 Å². The van der Waals surface area contributed by atoms with Crippen LogP contribution in [-0.2, 0) is 0 Å². The molecule has 0 aliphatic carbocycles. The fourth-order valence-electron chi connectivity index (χ4n) is 1.51. The zero-order chi connectivity index (χ0) is 12.3. The summed E-state index contributed by atoms with van der Waals surface area (Å²) >= 11 is 8.01. The largest absolute Gasteiger partial charge is 0.497 e. The molecule has 0 radical (unpaired) electrons. The number of ether oxygens (including phenoxy) is 2. The molecule has 4 heteroatoms. The Hall–Kier alpha value is -1.19. The lowest BCUT2D eigenvalue weighted by Gasteiger charge is -2.08. The fourth-order valence-corrected chi connectivity index (χ4v) is 2.73. The maximum atomic E-state index is 6.41. The Bertz CT molecular complexity index is 478. The number of hydrogen-bond acceptors (Lipinski definition) is 3. The molecule has 0 saturated heterocycles. The van der Waals surface area contributed by atoms with Gasteiger partial charge in [0.05, 0.1) is 19.6 Å². The van der Waals surface area contributed by atoms with Crippen molar-refractivity contribution in [3.8, 4) is 11.5 Å². The smallest absolute Gasteiger partial charge is 0.129 e. The second kappa shape index (κ2) is 5.43. The van der Waals surface area contributed by atoms with E-state index >= 15 is 0 Å². The molecule has 2 aromatic rings. The molecule has 1 unspecified atom stereocenters. The summed E-state index contributed by atoms with van der Waals surface area (Å²) in [5.41, 5.74) is 1.05. The molecule has 0 bridgehead atoms. The summed E-state index contributed by atoms with van der Waals surface area (Å²) in [7, 11) is 3.31. The van der Waals surface area contributed by atoms with Crippen LogP contribution in [0.1, 0.15) is 15.8 Å². The molecule has 0 spiro atoms. The van der Waals surface area contributed by atoms with E-state index in [0.29, 0.717) is 0 Å². The third-order valence-electron chi connectivity index (χ3n) is 2.49. The molecule has 1 aromatic heterocycles. The SMILES string of the molecule is COc1ccc(C(Cl)c2cc(OC)cs2)cc1. The van der Waals surface area contributed by atoms with Crippen LogP contribution >= 0.6 is 22.9 Å². The van der Waals surface area contributed by atoms with Gasteiger partial charge >= 0.3 is 0 Å². The van der Waals surface area contributed by atoms with E-state index in [1.807, 2.05) is 35.7 Å².